The molecule has 1 aromatic carbocycles. The number of carboxylic acid groups (broad SMARTS) is 1. The molecule has 0 unspecified atom stereocenters. The highest BCUT2D eigenvalue weighted by Gasteiger charge is 2.12. The quantitative estimate of drug-likeness (QED) is 0.807. The minimum absolute atomic E-state index is 0.0685. The van der Waals surface area contributed by atoms with Gasteiger partial charge in [0.1, 0.15) is 5.75 Å². The molecule has 0 radical (unpaired) electrons. The fraction of sp³-hybridized carbons (Fsp3) is 0.300. The normalized spacial score (nSPS) is 10.1. The van der Waals surface area contributed by atoms with Crippen LogP contribution in [0.5, 0.6) is 5.75 Å². The van der Waals surface area contributed by atoms with Gasteiger partial charge in [0.2, 0.25) is 0 Å². The van der Waals surface area contributed by atoms with E-state index in [0.717, 1.165) is 0 Å². The topological polar surface area (TPSA) is 55.8 Å². The van der Waals surface area contributed by atoms with Crippen LogP contribution in [-0.4, -0.2) is 25.0 Å². The van der Waals surface area contributed by atoms with E-state index in [0.29, 0.717) is 11.3 Å². The van der Waals surface area contributed by atoms with Gasteiger partial charge in [0.05, 0.1) is 10.6 Å². The van der Waals surface area contributed by atoms with Gasteiger partial charge in [-0.05, 0) is 18.6 Å². The predicted molar refractivity (Wildman–Crippen MR) is 55.7 cm³/mol. The highest BCUT2D eigenvalue weighted by atomic mass is 35.5. The second kappa shape index (κ2) is 5.00. The lowest BCUT2D eigenvalue weighted by Gasteiger charge is -2.09. The number of ether oxygens (including phenoxy) is 2. The van der Waals surface area contributed by atoms with Crippen molar-refractivity contribution >= 4 is 17.6 Å². The number of rotatable bonds is 4. The molecule has 5 heteroatoms. The van der Waals surface area contributed by atoms with Crippen molar-refractivity contribution in [2.75, 3.05) is 13.9 Å². The van der Waals surface area contributed by atoms with Crippen molar-refractivity contribution in [3.8, 4) is 5.75 Å². The monoisotopic (exact) mass is 230 g/mol. The van der Waals surface area contributed by atoms with E-state index in [1.807, 2.05) is 0 Å². The van der Waals surface area contributed by atoms with Crippen molar-refractivity contribution in [2.24, 2.45) is 0 Å². The Bertz CT molecular complexity index is 376. The van der Waals surface area contributed by atoms with Crippen LogP contribution < -0.4 is 4.74 Å². The average molecular weight is 231 g/mol. The Morgan fingerprint density at radius 3 is 2.73 bits per heavy atom. The molecule has 0 aliphatic heterocycles. The van der Waals surface area contributed by atoms with E-state index < -0.39 is 5.97 Å². The molecule has 0 atom stereocenters. The van der Waals surface area contributed by atoms with Gasteiger partial charge in [-0.25, -0.2) is 4.79 Å². The number of hydrogen-bond acceptors (Lipinski definition) is 3. The lowest BCUT2D eigenvalue weighted by molar-refractivity contribution is 0.0506. The van der Waals surface area contributed by atoms with Crippen LogP contribution >= 0.6 is 11.6 Å². The Kier molecular flexibility index (Phi) is 3.94. The molecule has 0 saturated carbocycles. The van der Waals surface area contributed by atoms with Crippen molar-refractivity contribution in [1.82, 2.24) is 0 Å². The van der Waals surface area contributed by atoms with Crippen LogP contribution in [0, 0.1) is 6.92 Å². The Hall–Kier alpha value is -1.26. The molecule has 1 rings (SSSR count). The second-order valence-corrected chi connectivity index (χ2v) is 3.36. The summed E-state index contributed by atoms with van der Waals surface area (Å²) in [5, 5.41) is 8.96. The summed E-state index contributed by atoms with van der Waals surface area (Å²) >= 11 is 5.77. The van der Waals surface area contributed by atoms with E-state index in [1.54, 1.807) is 6.92 Å². The first kappa shape index (κ1) is 11.8. The molecule has 4 nitrogen and oxygen atoms in total. The molecule has 0 aliphatic carbocycles. The zero-order valence-corrected chi connectivity index (χ0v) is 9.17. The summed E-state index contributed by atoms with van der Waals surface area (Å²) < 4.78 is 9.94. The summed E-state index contributed by atoms with van der Waals surface area (Å²) in [5.41, 5.74) is 0.771. The van der Waals surface area contributed by atoms with Crippen LogP contribution in [-0.2, 0) is 4.74 Å². The molecule has 0 aromatic heterocycles. The third-order valence-corrected chi connectivity index (χ3v) is 2.14. The largest absolute Gasteiger partial charge is 0.478 e. The molecule has 0 aliphatic rings. The van der Waals surface area contributed by atoms with Gasteiger partial charge >= 0.3 is 5.97 Å². The lowest BCUT2D eigenvalue weighted by Crippen LogP contribution is -2.03. The Morgan fingerprint density at radius 2 is 2.20 bits per heavy atom. The number of carboxylic acids is 1. The fourth-order valence-corrected chi connectivity index (χ4v) is 1.34. The summed E-state index contributed by atoms with van der Waals surface area (Å²) in [5.74, 6) is -0.534. The fourth-order valence-electron chi connectivity index (χ4n) is 1.11. The van der Waals surface area contributed by atoms with E-state index >= 15 is 0 Å². The summed E-state index contributed by atoms with van der Waals surface area (Å²) in [6, 6.07) is 2.94. The van der Waals surface area contributed by atoms with Gasteiger partial charge in [0, 0.05) is 13.2 Å². The number of methoxy groups -OCH3 is 1. The third kappa shape index (κ3) is 2.84. The summed E-state index contributed by atoms with van der Waals surface area (Å²) in [6.07, 6.45) is 0. The van der Waals surface area contributed by atoms with Gasteiger partial charge in [-0.15, -0.1) is 0 Å². The maximum absolute atomic E-state index is 10.7. The molecular formula is C10H11ClO4. The van der Waals surface area contributed by atoms with Crippen molar-refractivity contribution < 1.29 is 19.4 Å². The smallest absolute Gasteiger partial charge is 0.337 e. The Balaban J connectivity index is 3.02. The van der Waals surface area contributed by atoms with E-state index in [2.05, 4.69) is 0 Å². The van der Waals surface area contributed by atoms with Crippen molar-refractivity contribution in [2.45, 2.75) is 6.92 Å². The van der Waals surface area contributed by atoms with Gasteiger partial charge in [-0.2, -0.15) is 0 Å². The second-order valence-electron chi connectivity index (χ2n) is 2.95. The molecule has 0 fully saturated rings. The zero-order valence-electron chi connectivity index (χ0n) is 8.41. The van der Waals surface area contributed by atoms with Crippen molar-refractivity contribution in [3.63, 3.8) is 0 Å². The van der Waals surface area contributed by atoms with Crippen LogP contribution in [0.25, 0.3) is 0 Å². The number of aromatic carboxylic acids is 1. The van der Waals surface area contributed by atoms with Gasteiger partial charge < -0.3 is 14.6 Å². The summed E-state index contributed by atoms with van der Waals surface area (Å²) in [4.78, 5) is 10.7. The maximum Gasteiger partial charge on any atom is 0.337 e. The van der Waals surface area contributed by atoms with Gasteiger partial charge in [0.25, 0.3) is 0 Å². The third-order valence-electron chi connectivity index (χ3n) is 1.83. The van der Waals surface area contributed by atoms with Crippen LogP contribution in [0.1, 0.15) is 15.9 Å². The summed E-state index contributed by atoms with van der Waals surface area (Å²) in [6.45, 7) is 1.84. The number of carbonyl (C=O) groups is 1. The highest BCUT2D eigenvalue weighted by Crippen LogP contribution is 2.26. The number of halogens is 1. The minimum atomic E-state index is -1.05. The molecule has 15 heavy (non-hydrogen) atoms. The van der Waals surface area contributed by atoms with Crippen LogP contribution in [0.15, 0.2) is 12.1 Å². The number of hydrogen-bond donors (Lipinski definition) is 1. The molecular weight excluding hydrogens is 220 g/mol. The average Bonchev–Trinajstić information content (AvgIpc) is 2.18. The molecule has 0 heterocycles. The molecule has 0 amide bonds. The SMILES string of the molecule is COCOc1cc(Cl)c(C(=O)O)cc1C. The molecule has 1 N–H and O–H groups in total. The van der Waals surface area contributed by atoms with E-state index in [-0.39, 0.29) is 17.4 Å². The zero-order chi connectivity index (χ0) is 11.4. The van der Waals surface area contributed by atoms with E-state index in [9.17, 15) is 4.79 Å². The van der Waals surface area contributed by atoms with Gasteiger partial charge in [0.15, 0.2) is 6.79 Å². The first-order chi connectivity index (χ1) is 7.06. The highest BCUT2D eigenvalue weighted by molar-refractivity contribution is 6.33. The molecule has 0 saturated heterocycles. The Morgan fingerprint density at radius 1 is 1.53 bits per heavy atom. The summed E-state index contributed by atoms with van der Waals surface area (Å²) in [7, 11) is 1.50. The number of aryl methyl sites for hydroxylation is 1. The molecule has 82 valence electrons. The van der Waals surface area contributed by atoms with Crippen LogP contribution in [0.4, 0.5) is 0 Å². The number of benzene rings is 1. The molecule has 0 bridgehead atoms. The first-order valence-corrected chi connectivity index (χ1v) is 4.59. The van der Waals surface area contributed by atoms with Crippen molar-refractivity contribution in [1.29, 1.82) is 0 Å². The van der Waals surface area contributed by atoms with E-state index in [4.69, 9.17) is 26.2 Å². The van der Waals surface area contributed by atoms with Crippen LogP contribution in [0.2, 0.25) is 5.02 Å². The van der Waals surface area contributed by atoms with Crippen LogP contribution in [0.3, 0.4) is 0 Å². The molecule has 0 spiro atoms. The standard InChI is InChI=1S/C10H11ClO4/c1-6-3-7(10(12)13)8(11)4-9(6)15-5-14-2/h3-4H,5H2,1-2H3,(H,12,13). The van der Waals surface area contributed by atoms with Gasteiger partial charge in [-0.1, -0.05) is 11.6 Å². The van der Waals surface area contributed by atoms with E-state index in [1.165, 1.54) is 19.2 Å². The minimum Gasteiger partial charge on any atom is -0.478 e. The Labute approximate surface area is 92.4 Å². The lowest BCUT2D eigenvalue weighted by atomic mass is 10.1. The predicted octanol–water partition coefficient (Wildman–Crippen LogP) is 2.33. The maximum atomic E-state index is 10.7. The van der Waals surface area contributed by atoms with Crippen molar-refractivity contribution in [3.05, 3.63) is 28.3 Å². The first-order valence-electron chi connectivity index (χ1n) is 4.21. The van der Waals surface area contributed by atoms with Gasteiger partial charge in [-0.3, -0.25) is 0 Å². The molecule has 1 aromatic rings.